The van der Waals surface area contributed by atoms with Gasteiger partial charge in [0.25, 0.3) is 17.7 Å². The van der Waals surface area contributed by atoms with E-state index >= 15 is 0 Å². The number of rotatable bonds is 6. The van der Waals surface area contributed by atoms with Crippen LogP contribution in [0.25, 0.3) is 22.3 Å². The Hall–Kier alpha value is -4.51. The maximum absolute atomic E-state index is 13.4. The smallest absolute Gasteiger partial charge is 0.255 e. The van der Waals surface area contributed by atoms with Crippen LogP contribution in [0.4, 0.5) is 10.2 Å². The van der Waals surface area contributed by atoms with Crippen molar-refractivity contribution in [1.82, 2.24) is 20.1 Å². The first kappa shape index (κ1) is 31.5. The first-order valence-electron chi connectivity index (χ1n) is 14.8. The van der Waals surface area contributed by atoms with Crippen LogP contribution in [0.3, 0.4) is 0 Å². The second kappa shape index (κ2) is 13.5. The Bertz CT molecular complexity index is 1810. The Kier molecular flexibility index (Phi) is 9.21. The van der Waals surface area contributed by atoms with Crippen LogP contribution in [0, 0.1) is 5.82 Å². The van der Waals surface area contributed by atoms with Crippen molar-refractivity contribution in [2.24, 2.45) is 0 Å². The highest BCUT2D eigenvalue weighted by atomic mass is 35.5. The van der Waals surface area contributed by atoms with Crippen LogP contribution in [-0.4, -0.2) is 77.9 Å². The first-order valence-corrected chi connectivity index (χ1v) is 15.5. The van der Waals surface area contributed by atoms with Gasteiger partial charge in [-0.1, -0.05) is 41.4 Å². The van der Waals surface area contributed by atoms with Gasteiger partial charge in [-0.2, -0.15) is 0 Å². The molecule has 3 aromatic carbocycles. The Morgan fingerprint density at radius 1 is 0.826 bits per heavy atom. The predicted molar refractivity (Wildman–Crippen MR) is 174 cm³/mol. The van der Waals surface area contributed by atoms with Crippen molar-refractivity contribution in [2.75, 3.05) is 45.1 Å². The van der Waals surface area contributed by atoms with Crippen LogP contribution in [0.5, 0.6) is 0 Å². The molecule has 0 unspecified atom stereocenters. The molecule has 9 nitrogen and oxygen atoms in total. The van der Waals surface area contributed by atoms with Gasteiger partial charge in [-0.15, -0.1) is 0 Å². The fraction of sp³-hybridized carbons (Fsp3) is 0.235. The van der Waals surface area contributed by atoms with E-state index in [1.165, 1.54) is 12.1 Å². The molecular formula is C34H30Cl2FN5O4. The van der Waals surface area contributed by atoms with E-state index in [9.17, 15) is 18.8 Å². The SMILES string of the molecule is Nc1ncc(-c2ccc(C(=O)N3CCOCC3)c(Cl)c2)cc1C(=O)N[C@@H]1CCN(C(=O)c2ccc(-c3ccc(F)cc3Cl)cc2)C1. The molecular weight excluding hydrogens is 632 g/mol. The van der Waals surface area contributed by atoms with E-state index in [4.69, 9.17) is 33.7 Å². The molecule has 46 heavy (non-hydrogen) atoms. The van der Waals surface area contributed by atoms with Gasteiger partial charge in [0.05, 0.1) is 34.4 Å². The van der Waals surface area contributed by atoms with Crippen LogP contribution in [-0.2, 0) is 4.74 Å². The number of likely N-dealkylation sites (tertiary alicyclic amines) is 1. The minimum Gasteiger partial charge on any atom is -0.383 e. The fourth-order valence-electron chi connectivity index (χ4n) is 5.64. The number of nitrogens with two attached hydrogens (primary N) is 1. The number of nitrogens with zero attached hydrogens (tertiary/aromatic N) is 3. The zero-order valence-corrected chi connectivity index (χ0v) is 26.2. The van der Waals surface area contributed by atoms with Crippen LogP contribution >= 0.6 is 23.2 Å². The van der Waals surface area contributed by atoms with Gasteiger partial charge in [-0.25, -0.2) is 9.37 Å². The van der Waals surface area contributed by atoms with Gasteiger partial charge >= 0.3 is 0 Å². The molecule has 2 fully saturated rings. The van der Waals surface area contributed by atoms with Crippen molar-refractivity contribution in [3.8, 4) is 22.3 Å². The number of anilines is 1. The van der Waals surface area contributed by atoms with Gasteiger partial charge in [-0.05, 0) is 66.1 Å². The Labute approximate surface area is 275 Å². The summed E-state index contributed by atoms with van der Waals surface area (Å²) in [5.74, 6) is -1.08. The topological polar surface area (TPSA) is 118 Å². The molecule has 2 aliphatic rings. The molecule has 1 aromatic heterocycles. The minimum atomic E-state index is -0.420. The number of pyridine rings is 1. The second-order valence-electron chi connectivity index (χ2n) is 11.2. The van der Waals surface area contributed by atoms with Crippen LogP contribution < -0.4 is 11.1 Å². The first-order chi connectivity index (χ1) is 22.2. The number of ether oxygens (including phenoxy) is 1. The summed E-state index contributed by atoms with van der Waals surface area (Å²) < 4.78 is 18.8. The largest absolute Gasteiger partial charge is 0.383 e. The number of aromatic nitrogens is 1. The summed E-state index contributed by atoms with van der Waals surface area (Å²) in [7, 11) is 0. The van der Waals surface area contributed by atoms with E-state index < -0.39 is 11.7 Å². The predicted octanol–water partition coefficient (Wildman–Crippen LogP) is 5.56. The zero-order chi connectivity index (χ0) is 32.4. The van der Waals surface area contributed by atoms with E-state index in [1.54, 1.807) is 70.6 Å². The number of hydrogen-bond acceptors (Lipinski definition) is 6. The number of carbonyl (C=O) groups excluding carboxylic acids is 3. The normalized spacial score (nSPS) is 16.4. The number of halogens is 3. The Morgan fingerprint density at radius 2 is 1.57 bits per heavy atom. The highest BCUT2D eigenvalue weighted by Gasteiger charge is 2.29. The molecule has 0 saturated carbocycles. The van der Waals surface area contributed by atoms with Crippen molar-refractivity contribution in [1.29, 1.82) is 0 Å². The Balaban J connectivity index is 1.10. The van der Waals surface area contributed by atoms with Gasteiger partial charge in [0, 0.05) is 55.1 Å². The summed E-state index contributed by atoms with van der Waals surface area (Å²) in [4.78, 5) is 47.1. The van der Waals surface area contributed by atoms with Crippen molar-refractivity contribution < 1.29 is 23.5 Å². The molecule has 3 amide bonds. The monoisotopic (exact) mass is 661 g/mol. The van der Waals surface area contributed by atoms with Crippen LogP contribution in [0.1, 0.15) is 37.5 Å². The molecule has 2 aliphatic heterocycles. The summed E-state index contributed by atoms with van der Waals surface area (Å²) in [6.07, 6.45) is 2.12. The molecule has 2 saturated heterocycles. The highest BCUT2D eigenvalue weighted by molar-refractivity contribution is 6.34. The second-order valence-corrected chi connectivity index (χ2v) is 12.0. The molecule has 3 N–H and O–H groups in total. The van der Waals surface area contributed by atoms with Gasteiger partial charge < -0.3 is 25.6 Å². The average molecular weight is 663 g/mol. The zero-order valence-electron chi connectivity index (χ0n) is 24.6. The molecule has 0 spiro atoms. The number of carbonyl (C=O) groups is 3. The average Bonchev–Trinajstić information content (AvgIpc) is 3.53. The maximum Gasteiger partial charge on any atom is 0.255 e. The molecule has 1 atom stereocenters. The van der Waals surface area contributed by atoms with Crippen LogP contribution in [0.15, 0.2) is 72.9 Å². The van der Waals surface area contributed by atoms with Crippen molar-refractivity contribution in [3.63, 3.8) is 0 Å². The minimum absolute atomic E-state index is 0.0683. The van der Waals surface area contributed by atoms with Gasteiger partial charge in [-0.3, -0.25) is 14.4 Å². The van der Waals surface area contributed by atoms with E-state index in [1.807, 2.05) is 0 Å². The number of amides is 3. The van der Waals surface area contributed by atoms with E-state index in [2.05, 4.69) is 10.3 Å². The van der Waals surface area contributed by atoms with E-state index in [0.717, 1.165) is 5.56 Å². The van der Waals surface area contributed by atoms with Gasteiger partial charge in [0.2, 0.25) is 0 Å². The summed E-state index contributed by atoms with van der Waals surface area (Å²) in [6, 6.07) is 17.6. The lowest BCUT2D eigenvalue weighted by atomic mass is 10.0. The van der Waals surface area contributed by atoms with Gasteiger partial charge in [0.1, 0.15) is 11.6 Å². The summed E-state index contributed by atoms with van der Waals surface area (Å²) in [5, 5.41) is 3.56. The van der Waals surface area contributed by atoms with Crippen molar-refractivity contribution >= 4 is 46.7 Å². The molecule has 6 rings (SSSR count). The molecule has 0 bridgehead atoms. The molecule has 236 valence electrons. The quantitative estimate of drug-likeness (QED) is 0.279. The number of benzene rings is 3. The standard InChI is InChI=1S/C34H30Cl2FN5O4/c35-29-16-22(5-7-27(29)34(45)41-11-13-46-14-12-41)23-15-28(31(38)39-18-23)32(43)40-25-9-10-42(19-25)33(44)21-3-1-20(2-4-21)26-8-6-24(37)17-30(26)36/h1-8,15-18,25H,9-14,19H2,(H2,38,39)(H,40,43)/t25-/m1/s1. The molecule has 0 aliphatic carbocycles. The number of nitrogens with one attached hydrogen (secondary N) is 1. The number of nitrogen functional groups attached to an aromatic ring is 1. The van der Waals surface area contributed by atoms with E-state index in [-0.39, 0.29) is 34.3 Å². The number of morpholine rings is 1. The third kappa shape index (κ3) is 6.69. The lowest BCUT2D eigenvalue weighted by molar-refractivity contribution is 0.0303. The van der Waals surface area contributed by atoms with Gasteiger partial charge in [0.15, 0.2) is 0 Å². The highest BCUT2D eigenvalue weighted by Crippen LogP contribution is 2.30. The third-order valence-electron chi connectivity index (χ3n) is 8.18. The van der Waals surface area contributed by atoms with Crippen LogP contribution in [0.2, 0.25) is 10.0 Å². The Morgan fingerprint density at radius 3 is 2.28 bits per heavy atom. The maximum atomic E-state index is 13.4. The summed E-state index contributed by atoms with van der Waals surface area (Å²) in [5.41, 5.74) is 9.89. The third-order valence-corrected chi connectivity index (χ3v) is 8.80. The molecule has 4 aromatic rings. The lowest BCUT2D eigenvalue weighted by Gasteiger charge is -2.27. The van der Waals surface area contributed by atoms with Crippen molar-refractivity contribution in [2.45, 2.75) is 12.5 Å². The molecule has 3 heterocycles. The summed E-state index contributed by atoms with van der Waals surface area (Å²) in [6.45, 7) is 2.79. The molecule has 12 heteroatoms. The van der Waals surface area contributed by atoms with Crippen molar-refractivity contribution in [3.05, 3.63) is 105 Å². The summed E-state index contributed by atoms with van der Waals surface area (Å²) >= 11 is 12.7. The molecule has 0 radical (unpaired) electrons. The fourth-order valence-corrected chi connectivity index (χ4v) is 6.18. The van der Waals surface area contributed by atoms with E-state index in [0.29, 0.717) is 78.7 Å². The number of hydrogen-bond donors (Lipinski definition) is 2. The lowest BCUT2D eigenvalue weighted by Crippen LogP contribution is -2.40.